The third-order valence-electron chi connectivity index (χ3n) is 6.76. The Bertz CT molecular complexity index is 1370. The van der Waals surface area contributed by atoms with Gasteiger partial charge >= 0.3 is 0 Å². The Morgan fingerprint density at radius 3 is 2.72 bits per heavy atom. The van der Waals surface area contributed by atoms with Crippen LogP contribution in [0.3, 0.4) is 0 Å². The Morgan fingerprint density at radius 1 is 1.11 bits per heavy atom. The predicted octanol–water partition coefficient (Wildman–Crippen LogP) is 3.61. The summed E-state index contributed by atoms with van der Waals surface area (Å²) in [5, 5.41) is 3.04. The maximum absolute atomic E-state index is 13.2. The zero-order valence-electron chi connectivity index (χ0n) is 20.7. The van der Waals surface area contributed by atoms with Gasteiger partial charge in [-0.2, -0.15) is 0 Å². The van der Waals surface area contributed by atoms with Gasteiger partial charge in [0.25, 0.3) is 11.8 Å². The van der Waals surface area contributed by atoms with Gasteiger partial charge in [-0.3, -0.25) is 14.6 Å². The van der Waals surface area contributed by atoms with Crippen LogP contribution in [0.4, 0.5) is 0 Å². The number of pyridine rings is 1. The average molecular weight is 486 g/mol. The molecule has 0 bridgehead atoms. The Labute approximate surface area is 210 Å². The lowest BCUT2D eigenvalue weighted by Gasteiger charge is -2.32. The van der Waals surface area contributed by atoms with Crippen molar-refractivity contribution in [2.45, 2.75) is 45.6 Å². The minimum atomic E-state index is -0.0928. The van der Waals surface area contributed by atoms with Crippen molar-refractivity contribution >= 4 is 22.8 Å². The first-order valence-corrected chi connectivity index (χ1v) is 12.4. The van der Waals surface area contributed by atoms with Crippen LogP contribution in [0.2, 0.25) is 0 Å². The molecule has 0 aliphatic carbocycles. The van der Waals surface area contributed by atoms with Gasteiger partial charge in [-0.05, 0) is 63.4 Å². The van der Waals surface area contributed by atoms with E-state index < -0.39 is 0 Å². The van der Waals surface area contributed by atoms with Gasteiger partial charge in [0.15, 0.2) is 0 Å². The lowest BCUT2D eigenvalue weighted by atomic mass is 9.89. The molecule has 186 valence electrons. The first-order valence-electron chi connectivity index (χ1n) is 12.4. The highest BCUT2D eigenvalue weighted by molar-refractivity contribution is 5.97. The van der Waals surface area contributed by atoms with Crippen molar-refractivity contribution in [2.24, 2.45) is 0 Å². The van der Waals surface area contributed by atoms with Crippen LogP contribution in [0.5, 0.6) is 0 Å². The van der Waals surface area contributed by atoms with Gasteiger partial charge in [-0.25, -0.2) is 9.97 Å². The summed E-state index contributed by atoms with van der Waals surface area (Å²) in [7, 11) is 0. The normalized spacial score (nSPS) is 14.3. The third-order valence-corrected chi connectivity index (χ3v) is 6.76. The van der Waals surface area contributed by atoms with Gasteiger partial charge in [0.1, 0.15) is 5.82 Å². The van der Waals surface area contributed by atoms with E-state index in [4.69, 9.17) is 4.98 Å². The molecular formula is C27H31N7O2. The second-order valence-electron chi connectivity index (χ2n) is 9.42. The molecule has 0 unspecified atom stereocenters. The SMILES string of the molecule is Cc1ccc(C(=O)NCCCn2ccnc2)c(C2CCN(C(=O)c3ccc4nc(C)[nH]c4c3)CC2)n1. The maximum Gasteiger partial charge on any atom is 0.253 e. The van der Waals surface area contributed by atoms with E-state index >= 15 is 0 Å². The number of fused-ring (bicyclic) bond motifs is 1. The average Bonchev–Trinajstić information content (AvgIpc) is 3.54. The molecule has 3 aromatic heterocycles. The highest BCUT2D eigenvalue weighted by Crippen LogP contribution is 2.30. The fraction of sp³-hybridized carbons (Fsp3) is 0.370. The molecule has 1 aliphatic rings. The van der Waals surface area contributed by atoms with Gasteiger partial charge in [-0.1, -0.05) is 0 Å². The number of nitrogens with zero attached hydrogens (tertiary/aromatic N) is 5. The molecule has 0 saturated carbocycles. The number of imidazole rings is 2. The van der Waals surface area contributed by atoms with Crippen LogP contribution in [0.15, 0.2) is 49.1 Å². The van der Waals surface area contributed by atoms with Gasteiger partial charge < -0.3 is 19.8 Å². The number of carbonyl (C=O) groups excluding carboxylic acids is 2. The number of nitrogens with one attached hydrogen (secondary N) is 2. The number of benzene rings is 1. The van der Waals surface area contributed by atoms with E-state index in [1.54, 1.807) is 12.5 Å². The van der Waals surface area contributed by atoms with Crippen molar-refractivity contribution in [3.8, 4) is 0 Å². The van der Waals surface area contributed by atoms with Crippen molar-refractivity contribution in [3.05, 3.63) is 77.4 Å². The second-order valence-corrected chi connectivity index (χ2v) is 9.42. The van der Waals surface area contributed by atoms with Crippen LogP contribution in [0.1, 0.15) is 63.1 Å². The molecule has 4 heterocycles. The summed E-state index contributed by atoms with van der Waals surface area (Å²) in [6, 6.07) is 9.36. The van der Waals surface area contributed by atoms with Crippen molar-refractivity contribution in [3.63, 3.8) is 0 Å². The van der Waals surface area contributed by atoms with Gasteiger partial charge in [0.2, 0.25) is 0 Å². The monoisotopic (exact) mass is 485 g/mol. The Balaban J connectivity index is 1.21. The molecule has 9 heteroatoms. The van der Waals surface area contributed by atoms with E-state index in [1.807, 2.05) is 59.8 Å². The molecule has 9 nitrogen and oxygen atoms in total. The number of H-pyrrole nitrogens is 1. The standard InChI is InChI=1S/C27H31N7O2/c1-18-4-6-22(26(35)29-10-3-12-33-15-11-28-17-33)25(30-18)20-8-13-34(14-9-20)27(36)21-5-7-23-24(16-21)32-19(2)31-23/h4-7,11,15-17,20H,3,8-10,12-14H2,1-2H3,(H,29,35)(H,31,32). The third kappa shape index (κ3) is 5.15. The zero-order chi connectivity index (χ0) is 25.1. The van der Waals surface area contributed by atoms with Crippen LogP contribution in [0.25, 0.3) is 11.0 Å². The molecule has 0 atom stereocenters. The number of piperidine rings is 1. The summed E-state index contributed by atoms with van der Waals surface area (Å²) in [4.78, 5) is 44.5. The van der Waals surface area contributed by atoms with E-state index in [9.17, 15) is 9.59 Å². The maximum atomic E-state index is 13.2. The predicted molar refractivity (Wildman–Crippen MR) is 137 cm³/mol. The summed E-state index contributed by atoms with van der Waals surface area (Å²) in [6.07, 6.45) is 7.81. The van der Waals surface area contributed by atoms with Gasteiger partial charge in [-0.15, -0.1) is 0 Å². The Morgan fingerprint density at radius 2 is 1.94 bits per heavy atom. The fourth-order valence-electron chi connectivity index (χ4n) is 4.87. The van der Waals surface area contributed by atoms with Gasteiger partial charge in [0.05, 0.1) is 28.6 Å². The second kappa shape index (κ2) is 10.3. The molecule has 1 fully saturated rings. The number of amides is 2. The molecule has 1 saturated heterocycles. The number of aryl methyl sites for hydroxylation is 3. The minimum Gasteiger partial charge on any atom is -0.352 e. The number of aromatic nitrogens is 5. The smallest absolute Gasteiger partial charge is 0.253 e. The highest BCUT2D eigenvalue weighted by atomic mass is 16.2. The molecule has 0 spiro atoms. The summed E-state index contributed by atoms with van der Waals surface area (Å²) in [5.41, 5.74) is 4.76. The van der Waals surface area contributed by atoms with E-state index in [0.717, 1.165) is 54.1 Å². The molecular weight excluding hydrogens is 454 g/mol. The molecule has 5 rings (SSSR count). The van der Waals surface area contributed by atoms with Crippen LogP contribution in [0, 0.1) is 13.8 Å². The lowest BCUT2D eigenvalue weighted by Crippen LogP contribution is -2.38. The quantitative estimate of drug-likeness (QED) is 0.389. The molecule has 2 amide bonds. The summed E-state index contributed by atoms with van der Waals surface area (Å²) >= 11 is 0. The summed E-state index contributed by atoms with van der Waals surface area (Å²) in [6.45, 7) is 6.50. The first-order chi connectivity index (χ1) is 17.5. The largest absolute Gasteiger partial charge is 0.352 e. The fourth-order valence-corrected chi connectivity index (χ4v) is 4.87. The summed E-state index contributed by atoms with van der Waals surface area (Å²) in [5.74, 6) is 0.901. The van der Waals surface area contributed by atoms with Crippen LogP contribution < -0.4 is 5.32 Å². The van der Waals surface area contributed by atoms with Crippen LogP contribution >= 0.6 is 0 Å². The Kier molecular flexibility index (Phi) is 6.79. The Hall–Kier alpha value is -4.01. The molecule has 0 radical (unpaired) electrons. The molecule has 1 aliphatic heterocycles. The lowest BCUT2D eigenvalue weighted by molar-refractivity contribution is 0.0710. The van der Waals surface area contributed by atoms with Gasteiger partial charge in [0, 0.05) is 55.7 Å². The number of hydrogen-bond acceptors (Lipinski definition) is 5. The van der Waals surface area contributed by atoms with Crippen LogP contribution in [-0.2, 0) is 6.54 Å². The number of likely N-dealkylation sites (tertiary alicyclic amines) is 1. The van der Waals surface area contributed by atoms with Crippen molar-refractivity contribution in [1.82, 2.24) is 34.7 Å². The molecule has 36 heavy (non-hydrogen) atoms. The number of carbonyl (C=O) groups is 2. The van der Waals surface area contributed by atoms with Crippen molar-refractivity contribution in [1.29, 1.82) is 0 Å². The van der Waals surface area contributed by atoms with E-state index in [1.165, 1.54) is 0 Å². The zero-order valence-corrected chi connectivity index (χ0v) is 20.7. The topological polar surface area (TPSA) is 109 Å². The number of rotatable bonds is 7. The van der Waals surface area contributed by atoms with Crippen molar-refractivity contribution in [2.75, 3.05) is 19.6 Å². The van der Waals surface area contributed by atoms with E-state index in [2.05, 4.69) is 20.3 Å². The first kappa shape index (κ1) is 23.7. The summed E-state index contributed by atoms with van der Waals surface area (Å²) < 4.78 is 1.99. The number of hydrogen-bond donors (Lipinski definition) is 2. The highest BCUT2D eigenvalue weighted by Gasteiger charge is 2.28. The van der Waals surface area contributed by atoms with Crippen molar-refractivity contribution < 1.29 is 9.59 Å². The number of aromatic amines is 1. The molecule has 2 N–H and O–H groups in total. The van der Waals surface area contributed by atoms with E-state index in [0.29, 0.717) is 30.8 Å². The van der Waals surface area contributed by atoms with Crippen LogP contribution in [-0.4, -0.2) is 60.9 Å². The van der Waals surface area contributed by atoms with E-state index in [-0.39, 0.29) is 17.7 Å². The molecule has 4 aromatic rings. The molecule has 1 aromatic carbocycles. The minimum absolute atomic E-state index is 0.0238.